The molecule has 0 spiro atoms. The Morgan fingerprint density at radius 1 is 1.15 bits per heavy atom. The topological polar surface area (TPSA) is 55.8 Å². The monoisotopic (exact) mass is 478 g/mol. The number of aliphatic hydroxyl groups excluding tert-OH is 1. The standard InChI is InChI=1S/C28H50O4Si/c1-19-10-11-23-25(31-20(2)30)24(13-16-27(19,23)6)28(7)15-12-22(18-21(28)14-17-29)32-33(8,9)26(3,4)5/h21-25,29H,1,10-18H2,2-9H3/t21-,22-,23?,24?,25-,27+,28-/m0/s1. The molecule has 0 aromatic carbocycles. The van der Waals surface area contributed by atoms with E-state index in [0.29, 0.717) is 17.8 Å². The van der Waals surface area contributed by atoms with Gasteiger partial charge < -0.3 is 14.3 Å². The molecule has 7 atom stereocenters. The van der Waals surface area contributed by atoms with E-state index in [9.17, 15) is 9.90 Å². The average Bonchev–Trinajstić information content (AvgIpc) is 2.99. The molecule has 190 valence electrons. The second kappa shape index (κ2) is 9.42. The lowest BCUT2D eigenvalue weighted by molar-refractivity contribution is -0.173. The van der Waals surface area contributed by atoms with Gasteiger partial charge in [-0.15, -0.1) is 0 Å². The van der Waals surface area contributed by atoms with E-state index >= 15 is 0 Å². The fourth-order valence-electron chi connectivity index (χ4n) is 7.22. The minimum absolute atomic E-state index is 0.0430. The molecule has 0 bridgehead atoms. The minimum Gasteiger partial charge on any atom is -0.462 e. The fraction of sp³-hybridized carbons (Fsp3) is 0.893. The molecule has 2 unspecified atom stereocenters. The number of hydrogen-bond acceptors (Lipinski definition) is 4. The molecule has 0 aromatic heterocycles. The molecular weight excluding hydrogens is 428 g/mol. The summed E-state index contributed by atoms with van der Waals surface area (Å²) in [5.41, 5.74) is 1.47. The summed E-state index contributed by atoms with van der Waals surface area (Å²) in [7, 11) is -1.84. The van der Waals surface area contributed by atoms with Gasteiger partial charge >= 0.3 is 5.97 Å². The van der Waals surface area contributed by atoms with Gasteiger partial charge in [-0.2, -0.15) is 0 Å². The highest BCUT2D eigenvalue weighted by atomic mass is 28.4. The summed E-state index contributed by atoms with van der Waals surface area (Å²) < 4.78 is 13.0. The zero-order valence-corrected chi connectivity index (χ0v) is 23.6. The van der Waals surface area contributed by atoms with Gasteiger partial charge in [0, 0.05) is 31.5 Å². The molecule has 3 saturated carbocycles. The predicted octanol–water partition coefficient (Wildman–Crippen LogP) is 6.88. The van der Waals surface area contributed by atoms with Crippen LogP contribution < -0.4 is 0 Å². The van der Waals surface area contributed by atoms with E-state index in [-0.39, 0.29) is 40.7 Å². The van der Waals surface area contributed by atoms with Gasteiger partial charge in [0.1, 0.15) is 6.10 Å². The molecule has 0 amide bonds. The van der Waals surface area contributed by atoms with Crippen molar-refractivity contribution in [3.63, 3.8) is 0 Å². The molecule has 4 nitrogen and oxygen atoms in total. The summed E-state index contributed by atoms with van der Waals surface area (Å²) in [5.74, 6) is 0.906. The van der Waals surface area contributed by atoms with Gasteiger partial charge in [0.25, 0.3) is 0 Å². The highest BCUT2D eigenvalue weighted by Crippen LogP contribution is 2.62. The van der Waals surface area contributed by atoms with Crippen LogP contribution in [-0.2, 0) is 14.0 Å². The molecule has 0 aliphatic heterocycles. The Balaban J connectivity index is 1.86. The lowest BCUT2D eigenvalue weighted by atomic mass is 9.51. The summed E-state index contributed by atoms with van der Waals surface area (Å²) in [6, 6.07) is 0. The SMILES string of the molecule is C=C1CCC2[C@H](OC(C)=O)C([C@@]3(C)CC[C@H](O[Si](C)(C)C(C)(C)C)C[C@@H]3CCO)CC[C@]12C. The maximum Gasteiger partial charge on any atom is 0.302 e. The molecule has 3 aliphatic carbocycles. The van der Waals surface area contributed by atoms with Crippen LogP contribution in [0.4, 0.5) is 0 Å². The first-order valence-corrected chi connectivity index (χ1v) is 16.2. The van der Waals surface area contributed by atoms with Crippen molar-refractivity contribution in [2.24, 2.45) is 28.6 Å². The van der Waals surface area contributed by atoms with Gasteiger partial charge in [-0.05, 0) is 86.2 Å². The van der Waals surface area contributed by atoms with Crippen LogP contribution >= 0.6 is 0 Å². The summed E-state index contributed by atoms with van der Waals surface area (Å²) in [4.78, 5) is 12.2. The van der Waals surface area contributed by atoms with Crippen molar-refractivity contribution in [1.82, 2.24) is 0 Å². The van der Waals surface area contributed by atoms with E-state index < -0.39 is 8.32 Å². The third-order valence-electron chi connectivity index (χ3n) is 10.5. The highest BCUT2D eigenvalue weighted by Gasteiger charge is 2.58. The number of carbonyl (C=O) groups is 1. The van der Waals surface area contributed by atoms with Gasteiger partial charge in [-0.3, -0.25) is 4.79 Å². The van der Waals surface area contributed by atoms with E-state index in [0.717, 1.165) is 51.4 Å². The van der Waals surface area contributed by atoms with Gasteiger partial charge in [-0.25, -0.2) is 0 Å². The molecule has 0 radical (unpaired) electrons. The van der Waals surface area contributed by atoms with Crippen molar-refractivity contribution in [2.75, 3.05) is 6.61 Å². The molecule has 0 aromatic rings. The number of aliphatic hydroxyl groups is 1. The zero-order chi connectivity index (χ0) is 24.8. The lowest BCUT2D eigenvalue weighted by Gasteiger charge is -2.56. The van der Waals surface area contributed by atoms with Crippen LogP contribution in [0.3, 0.4) is 0 Å². The Morgan fingerprint density at radius 3 is 2.39 bits per heavy atom. The van der Waals surface area contributed by atoms with Crippen molar-refractivity contribution >= 4 is 14.3 Å². The zero-order valence-electron chi connectivity index (χ0n) is 22.6. The van der Waals surface area contributed by atoms with Gasteiger partial charge in [-0.1, -0.05) is 46.8 Å². The Bertz CT molecular complexity index is 741. The van der Waals surface area contributed by atoms with Crippen LogP contribution in [0.1, 0.15) is 92.9 Å². The Morgan fingerprint density at radius 2 is 1.82 bits per heavy atom. The van der Waals surface area contributed by atoms with Crippen molar-refractivity contribution in [3.05, 3.63) is 12.2 Å². The molecule has 3 rings (SSSR count). The minimum atomic E-state index is -1.84. The number of carbonyl (C=O) groups excluding carboxylic acids is 1. The third-order valence-corrected chi connectivity index (χ3v) is 15.1. The first-order chi connectivity index (χ1) is 15.2. The smallest absolute Gasteiger partial charge is 0.302 e. The fourth-order valence-corrected chi connectivity index (χ4v) is 8.62. The summed E-state index contributed by atoms with van der Waals surface area (Å²) in [5, 5.41) is 10.2. The summed E-state index contributed by atoms with van der Waals surface area (Å²) >= 11 is 0. The first kappa shape index (κ1) is 26.9. The molecule has 1 N–H and O–H groups in total. The van der Waals surface area contributed by atoms with E-state index in [4.69, 9.17) is 9.16 Å². The van der Waals surface area contributed by atoms with Gasteiger partial charge in [0.05, 0.1) is 0 Å². The van der Waals surface area contributed by atoms with Crippen LogP contribution in [0.2, 0.25) is 18.1 Å². The number of rotatable bonds is 6. The number of ether oxygens (including phenoxy) is 1. The largest absolute Gasteiger partial charge is 0.462 e. The highest BCUT2D eigenvalue weighted by molar-refractivity contribution is 6.74. The van der Waals surface area contributed by atoms with E-state index in [1.54, 1.807) is 6.92 Å². The quantitative estimate of drug-likeness (QED) is 0.257. The molecule has 0 saturated heterocycles. The molecule has 3 aliphatic rings. The van der Waals surface area contributed by atoms with Crippen LogP contribution in [0.15, 0.2) is 12.2 Å². The Hall–Kier alpha value is -0.653. The van der Waals surface area contributed by atoms with Crippen LogP contribution in [-0.4, -0.2) is 38.2 Å². The van der Waals surface area contributed by atoms with Crippen molar-refractivity contribution in [2.45, 2.75) is 123 Å². The maximum absolute atomic E-state index is 12.2. The van der Waals surface area contributed by atoms with Crippen LogP contribution in [0.5, 0.6) is 0 Å². The Labute approximate surface area is 204 Å². The number of allylic oxidation sites excluding steroid dienone is 1. The van der Waals surface area contributed by atoms with E-state index in [2.05, 4.69) is 54.3 Å². The molecule has 33 heavy (non-hydrogen) atoms. The normalized spacial score (nSPS) is 39.9. The number of esters is 1. The van der Waals surface area contributed by atoms with E-state index in [1.165, 1.54) is 5.57 Å². The maximum atomic E-state index is 12.2. The molecular formula is C28H50O4Si. The number of hydrogen-bond donors (Lipinski definition) is 1. The Kier molecular flexibility index (Phi) is 7.69. The molecule has 5 heteroatoms. The average molecular weight is 479 g/mol. The second-order valence-corrected chi connectivity index (χ2v) is 18.1. The van der Waals surface area contributed by atoms with Crippen LogP contribution in [0.25, 0.3) is 0 Å². The lowest BCUT2D eigenvalue weighted by Crippen LogP contribution is -2.55. The number of fused-ring (bicyclic) bond motifs is 1. The first-order valence-electron chi connectivity index (χ1n) is 13.3. The third kappa shape index (κ3) is 5.02. The van der Waals surface area contributed by atoms with Crippen molar-refractivity contribution in [3.8, 4) is 0 Å². The van der Waals surface area contributed by atoms with Gasteiger partial charge in [0.2, 0.25) is 0 Å². The van der Waals surface area contributed by atoms with Crippen molar-refractivity contribution < 1.29 is 19.1 Å². The summed E-state index contributed by atoms with van der Waals surface area (Å²) in [6.45, 7) is 22.5. The second-order valence-electron chi connectivity index (χ2n) is 13.4. The summed E-state index contributed by atoms with van der Waals surface area (Å²) in [6.07, 6.45) is 8.46. The predicted molar refractivity (Wildman–Crippen MR) is 137 cm³/mol. The van der Waals surface area contributed by atoms with Gasteiger partial charge in [0.15, 0.2) is 8.32 Å². The molecule has 0 heterocycles. The molecule has 3 fully saturated rings. The van der Waals surface area contributed by atoms with Crippen LogP contribution in [0, 0.1) is 28.6 Å². The van der Waals surface area contributed by atoms with Crippen molar-refractivity contribution in [1.29, 1.82) is 0 Å². The van der Waals surface area contributed by atoms with E-state index in [1.807, 2.05) is 0 Å².